The summed E-state index contributed by atoms with van der Waals surface area (Å²) in [5.74, 6) is -0.215. The number of amides is 1. The van der Waals surface area contributed by atoms with Crippen molar-refractivity contribution in [1.29, 1.82) is 0 Å². The Kier molecular flexibility index (Phi) is 4.86. The molecular formula is C17H19BrN2O2. The molecule has 0 saturated heterocycles. The predicted octanol–water partition coefficient (Wildman–Crippen LogP) is 3.74. The van der Waals surface area contributed by atoms with E-state index in [0.717, 1.165) is 21.3 Å². The fraction of sp³-hybridized carbons (Fsp3) is 0.294. The average molecular weight is 363 g/mol. The zero-order chi connectivity index (χ0) is 16.4. The van der Waals surface area contributed by atoms with Crippen molar-refractivity contribution in [2.24, 2.45) is 0 Å². The van der Waals surface area contributed by atoms with Gasteiger partial charge in [0.25, 0.3) is 5.56 Å². The monoisotopic (exact) mass is 362 g/mol. The van der Waals surface area contributed by atoms with Gasteiger partial charge in [0, 0.05) is 21.9 Å². The number of rotatable bonds is 3. The lowest BCUT2D eigenvalue weighted by Gasteiger charge is -2.17. The summed E-state index contributed by atoms with van der Waals surface area (Å²) in [6.07, 6.45) is 1.64. The first-order valence-corrected chi connectivity index (χ1v) is 7.86. The van der Waals surface area contributed by atoms with E-state index < -0.39 is 6.04 Å². The number of halogens is 1. The molecule has 1 N–H and O–H groups in total. The molecule has 1 unspecified atom stereocenters. The molecule has 1 heterocycles. The Morgan fingerprint density at radius 2 is 1.91 bits per heavy atom. The number of hydrogen-bond acceptors (Lipinski definition) is 2. The minimum atomic E-state index is -0.594. The van der Waals surface area contributed by atoms with E-state index in [1.165, 1.54) is 4.57 Å². The minimum absolute atomic E-state index is 0.160. The molecule has 116 valence electrons. The Balaban J connectivity index is 2.30. The van der Waals surface area contributed by atoms with Gasteiger partial charge in [-0.25, -0.2) is 0 Å². The second-order valence-corrected chi connectivity index (χ2v) is 6.38. The number of pyridine rings is 1. The third kappa shape index (κ3) is 3.30. The van der Waals surface area contributed by atoms with E-state index in [9.17, 15) is 9.59 Å². The van der Waals surface area contributed by atoms with Gasteiger partial charge < -0.3 is 9.88 Å². The molecule has 0 fully saturated rings. The van der Waals surface area contributed by atoms with Gasteiger partial charge in [-0.3, -0.25) is 9.59 Å². The van der Waals surface area contributed by atoms with Crippen molar-refractivity contribution in [1.82, 2.24) is 4.57 Å². The number of benzene rings is 1. The molecule has 0 bridgehead atoms. The molecule has 1 aromatic heterocycles. The molecule has 0 spiro atoms. The van der Waals surface area contributed by atoms with Crippen LogP contribution in [-0.4, -0.2) is 10.5 Å². The highest BCUT2D eigenvalue weighted by atomic mass is 79.9. The topological polar surface area (TPSA) is 51.1 Å². The molecule has 22 heavy (non-hydrogen) atoms. The van der Waals surface area contributed by atoms with Crippen LogP contribution in [0.1, 0.15) is 29.7 Å². The molecule has 4 nitrogen and oxygen atoms in total. The van der Waals surface area contributed by atoms with Gasteiger partial charge >= 0.3 is 0 Å². The Morgan fingerprint density at radius 1 is 1.23 bits per heavy atom. The van der Waals surface area contributed by atoms with Crippen LogP contribution in [0.5, 0.6) is 0 Å². The van der Waals surface area contributed by atoms with Crippen LogP contribution in [0, 0.1) is 20.8 Å². The summed E-state index contributed by atoms with van der Waals surface area (Å²) >= 11 is 3.36. The van der Waals surface area contributed by atoms with Crippen molar-refractivity contribution in [2.45, 2.75) is 33.7 Å². The first kappa shape index (κ1) is 16.5. The van der Waals surface area contributed by atoms with Crippen LogP contribution in [0.4, 0.5) is 5.69 Å². The fourth-order valence-electron chi connectivity index (χ4n) is 2.24. The number of hydrogen-bond donors (Lipinski definition) is 1. The zero-order valence-corrected chi connectivity index (χ0v) is 14.7. The van der Waals surface area contributed by atoms with Crippen LogP contribution in [-0.2, 0) is 4.79 Å². The molecule has 1 aromatic carbocycles. The minimum Gasteiger partial charge on any atom is -0.324 e. The number of aryl methyl sites for hydroxylation is 2. The number of nitrogens with zero attached hydrogens (tertiary/aromatic N) is 1. The molecule has 0 aliphatic heterocycles. The van der Waals surface area contributed by atoms with Crippen molar-refractivity contribution < 1.29 is 4.79 Å². The molecule has 0 radical (unpaired) electrons. The van der Waals surface area contributed by atoms with Gasteiger partial charge in [-0.05, 0) is 66.9 Å². The highest BCUT2D eigenvalue weighted by Crippen LogP contribution is 2.20. The normalized spacial score (nSPS) is 12.0. The van der Waals surface area contributed by atoms with E-state index in [-0.39, 0.29) is 11.5 Å². The quantitative estimate of drug-likeness (QED) is 0.903. The number of carbonyl (C=O) groups is 1. The number of nitrogens with one attached hydrogen (secondary N) is 1. The van der Waals surface area contributed by atoms with Gasteiger partial charge in [0.2, 0.25) is 5.91 Å². The highest BCUT2D eigenvalue weighted by Gasteiger charge is 2.18. The van der Waals surface area contributed by atoms with Gasteiger partial charge in [0.1, 0.15) is 6.04 Å². The highest BCUT2D eigenvalue weighted by molar-refractivity contribution is 9.10. The first-order valence-electron chi connectivity index (χ1n) is 7.06. The standard InChI is InChI=1S/C17H19BrN2O2/c1-10-6-5-7-15(12(10)3)19-16(21)13(4)20-9-14(18)8-11(2)17(20)22/h5-9,13H,1-4H3,(H,19,21). The van der Waals surface area contributed by atoms with Crippen molar-refractivity contribution in [3.05, 3.63) is 62.0 Å². The number of carbonyl (C=O) groups excluding carboxylic acids is 1. The summed E-state index contributed by atoms with van der Waals surface area (Å²) in [5, 5.41) is 2.90. The molecule has 1 atom stereocenters. The van der Waals surface area contributed by atoms with Crippen LogP contribution < -0.4 is 10.9 Å². The summed E-state index contributed by atoms with van der Waals surface area (Å²) in [6.45, 7) is 7.41. The summed E-state index contributed by atoms with van der Waals surface area (Å²) in [5.41, 5.74) is 3.35. The maximum atomic E-state index is 12.5. The van der Waals surface area contributed by atoms with E-state index in [1.807, 2.05) is 32.0 Å². The SMILES string of the molecule is Cc1cccc(NC(=O)C(C)n2cc(Br)cc(C)c2=O)c1C. The Labute approximate surface area is 138 Å². The van der Waals surface area contributed by atoms with E-state index in [1.54, 1.807) is 26.1 Å². The smallest absolute Gasteiger partial charge is 0.254 e. The average Bonchev–Trinajstić information content (AvgIpc) is 2.46. The van der Waals surface area contributed by atoms with Gasteiger partial charge in [0.15, 0.2) is 0 Å². The van der Waals surface area contributed by atoms with Crippen molar-refractivity contribution in [3.63, 3.8) is 0 Å². The van der Waals surface area contributed by atoms with Gasteiger partial charge in [-0.1, -0.05) is 12.1 Å². The lowest BCUT2D eigenvalue weighted by Crippen LogP contribution is -2.32. The van der Waals surface area contributed by atoms with Crippen LogP contribution in [0.2, 0.25) is 0 Å². The Morgan fingerprint density at radius 3 is 2.59 bits per heavy atom. The van der Waals surface area contributed by atoms with Gasteiger partial charge in [0.05, 0.1) is 0 Å². The van der Waals surface area contributed by atoms with Gasteiger partial charge in [-0.2, -0.15) is 0 Å². The number of aromatic nitrogens is 1. The molecule has 1 amide bonds. The molecule has 2 aromatic rings. The predicted molar refractivity (Wildman–Crippen MR) is 92.4 cm³/mol. The third-order valence-corrected chi connectivity index (χ3v) is 4.28. The molecule has 0 aliphatic carbocycles. The van der Waals surface area contributed by atoms with E-state index in [4.69, 9.17) is 0 Å². The Hall–Kier alpha value is -1.88. The van der Waals surface area contributed by atoms with Gasteiger partial charge in [-0.15, -0.1) is 0 Å². The van der Waals surface area contributed by atoms with Crippen molar-refractivity contribution >= 4 is 27.5 Å². The van der Waals surface area contributed by atoms with E-state index in [0.29, 0.717) is 5.56 Å². The summed E-state index contributed by atoms with van der Waals surface area (Å²) in [6, 6.07) is 6.91. The molecule has 0 aliphatic rings. The third-order valence-electron chi connectivity index (χ3n) is 3.85. The second-order valence-electron chi connectivity index (χ2n) is 5.47. The maximum absolute atomic E-state index is 12.5. The van der Waals surface area contributed by atoms with Crippen LogP contribution in [0.3, 0.4) is 0 Å². The second kappa shape index (κ2) is 6.48. The summed E-state index contributed by atoms with van der Waals surface area (Å²) in [7, 11) is 0. The lowest BCUT2D eigenvalue weighted by atomic mass is 10.1. The molecule has 5 heteroatoms. The van der Waals surface area contributed by atoms with Crippen LogP contribution in [0.15, 0.2) is 39.7 Å². The first-order chi connectivity index (χ1) is 10.3. The Bertz CT molecular complexity index is 781. The summed E-state index contributed by atoms with van der Waals surface area (Å²) in [4.78, 5) is 24.7. The van der Waals surface area contributed by atoms with E-state index >= 15 is 0 Å². The molecule has 0 saturated carbocycles. The van der Waals surface area contributed by atoms with Crippen molar-refractivity contribution in [2.75, 3.05) is 5.32 Å². The van der Waals surface area contributed by atoms with Crippen molar-refractivity contribution in [3.8, 4) is 0 Å². The fourth-order valence-corrected chi connectivity index (χ4v) is 2.80. The lowest BCUT2D eigenvalue weighted by molar-refractivity contribution is -0.118. The summed E-state index contributed by atoms with van der Waals surface area (Å²) < 4.78 is 2.22. The molecule has 2 rings (SSSR count). The maximum Gasteiger partial charge on any atom is 0.254 e. The van der Waals surface area contributed by atoms with Crippen LogP contribution in [0.25, 0.3) is 0 Å². The molecular weight excluding hydrogens is 344 g/mol. The van der Waals surface area contributed by atoms with E-state index in [2.05, 4.69) is 21.2 Å². The largest absolute Gasteiger partial charge is 0.324 e. The van der Waals surface area contributed by atoms with Crippen LogP contribution >= 0.6 is 15.9 Å². The zero-order valence-electron chi connectivity index (χ0n) is 13.1. The number of anilines is 1.